The standard InChI is InChI=1S/C2H8NO4P.C2H7NO/c3-1-2(4)8(5,6)7;3-1-2-4/h2,4H,1,3H2,(H2,5,6,7);4H,1-3H2. The Bertz CT molecular complexity index is 135. The Hall–Kier alpha value is -0.0100. The number of rotatable bonds is 3. The van der Waals surface area contributed by atoms with Crippen LogP contribution in [0.1, 0.15) is 0 Å². The van der Waals surface area contributed by atoms with Crippen LogP contribution in [0.4, 0.5) is 0 Å². The highest BCUT2D eigenvalue weighted by atomic mass is 31.2. The summed E-state index contributed by atoms with van der Waals surface area (Å²) >= 11 is 0. The van der Waals surface area contributed by atoms with Gasteiger partial charge in [0.2, 0.25) is 0 Å². The molecule has 0 saturated heterocycles. The summed E-state index contributed by atoms with van der Waals surface area (Å²) in [6.07, 6.45) is 0. The summed E-state index contributed by atoms with van der Waals surface area (Å²) in [7, 11) is -4.33. The molecular weight excluding hydrogens is 187 g/mol. The van der Waals surface area contributed by atoms with Crippen molar-refractivity contribution >= 4 is 7.60 Å². The number of hydrogen-bond acceptors (Lipinski definition) is 5. The fourth-order valence-electron chi connectivity index (χ4n) is 0.137. The van der Waals surface area contributed by atoms with Crippen molar-refractivity contribution in [2.24, 2.45) is 11.5 Å². The van der Waals surface area contributed by atoms with Gasteiger partial charge in [0.15, 0.2) is 5.85 Å². The lowest BCUT2D eigenvalue weighted by molar-refractivity contribution is 0.208. The zero-order valence-electron chi connectivity index (χ0n) is 6.50. The van der Waals surface area contributed by atoms with E-state index in [0.717, 1.165) is 0 Å². The minimum atomic E-state index is -4.33. The van der Waals surface area contributed by atoms with Crippen LogP contribution in [-0.2, 0) is 4.57 Å². The van der Waals surface area contributed by atoms with Gasteiger partial charge in [0.25, 0.3) is 0 Å². The van der Waals surface area contributed by atoms with Crippen LogP contribution in [0.25, 0.3) is 0 Å². The fourth-order valence-corrected chi connectivity index (χ4v) is 0.412. The molecule has 7 nitrogen and oxygen atoms in total. The van der Waals surface area contributed by atoms with Crippen molar-refractivity contribution in [2.45, 2.75) is 5.85 Å². The van der Waals surface area contributed by atoms with Crippen molar-refractivity contribution in [3.8, 4) is 0 Å². The van der Waals surface area contributed by atoms with E-state index in [9.17, 15) is 4.57 Å². The summed E-state index contributed by atoms with van der Waals surface area (Å²) in [6, 6.07) is 0. The lowest BCUT2D eigenvalue weighted by Gasteiger charge is -2.07. The highest BCUT2D eigenvalue weighted by Crippen LogP contribution is 2.38. The SMILES string of the molecule is NCC(O)P(=O)(O)O.NCCO. The first-order chi connectivity index (χ1) is 5.40. The zero-order chi connectivity index (χ0) is 10.2. The molecule has 1 atom stereocenters. The van der Waals surface area contributed by atoms with Crippen LogP contribution >= 0.6 is 7.60 Å². The van der Waals surface area contributed by atoms with Crippen LogP contribution in [0.5, 0.6) is 0 Å². The molecule has 0 heterocycles. The maximum atomic E-state index is 9.93. The van der Waals surface area contributed by atoms with Crippen LogP contribution in [0.15, 0.2) is 0 Å². The van der Waals surface area contributed by atoms with E-state index in [1.54, 1.807) is 0 Å². The van der Waals surface area contributed by atoms with Gasteiger partial charge in [-0.3, -0.25) is 4.57 Å². The smallest absolute Gasteiger partial charge is 0.355 e. The average molecular weight is 202 g/mol. The predicted octanol–water partition coefficient (Wildman–Crippen LogP) is -2.62. The van der Waals surface area contributed by atoms with Gasteiger partial charge in [0.05, 0.1) is 6.61 Å². The van der Waals surface area contributed by atoms with Crippen molar-refractivity contribution in [1.82, 2.24) is 0 Å². The maximum absolute atomic E-state index is 9.93. The highest BCUT2D eigenvalue weighted by Gasteiger charge is 2.23. The molecule has 0 amide bonds. The maximum Gasteiger partial charge on any atom is 0.355 e. The van der Waals surface area contributed by atoms with E-state index in [0.29, 0.717) is 6.54 Å². The fraction of sp³-hybridized carbons (Fsp3) is 1.00. The average Bonchev–Trinajstić information content (AvgIpc) is 2.02. The Balaban J connectivity index is 0. The van der Waals surface area contributed by atoms with Crippen LogP contribution in [-0.4, -0.2) is 45.5 Å². The van der Waals surface area contributed by atoms with E-state index in [1.165, 1.54) is 0 Å². The molecule has 0 saturated carbocycles. The van der Waals surface area contributed by atoms with Gasteiger partial charge in [-0.05, 0) is 0 Å². The molecule has 0 spiro atoms. The Kier molecular flexibility index (Phi) is 9.23. The third-order valence-electron chi connectivity index (χ3n) is 0.728. The topological polar surface area (TPSA) is 150 Å². The number of nitrogens with two attached hydrogens (primary N) is 2. The number of aliphatic hydroxyl groups excluding tert-OH is 2. The highest BCUT2D eigenvalue weighted by molar-refractivity contribution is 7.52. The third-order valence-corrected chi connectivity index (χ3v) is 1.72. The minimum Gasteiger partial charge on any atom is -0.395 e. The molecule has 0 fully saturated rings. The Morgan fingerprint density at radius 2 is 1.67 bits per heavy atom. The number of hydrogen-bond donors (Lipinski definition) is 6. The molecule has 0 radical (unpaired) electrons. The van der Waals surface area contributed by atoms with E-state index in [1.807, 2.05) is 0 Å². The summed E-state index contributed by atoms with van der Waals surface area (Å²) in [5.41, 5.74) is 9.49. The molecule has 0 aliphatic rings. The first kappa shape index (κ1) is 14.5. The quantitative estimate of drug-likeness (QED) is 0.274. The molecule has 76 valence electrons. The molecule has 0 aromatic rings. The van der Waals surface area contributed by atoms with Crippen LogP contribution in [0.2, 0.25) is 0 Å². The zero-order valence-corrected chi connectivity index (χ0v) is 7.39. The van der Waals surface area contributed by atoms with Gasteiger partial charge >= 0.3 is 7.60 Å². The lowest BCUT2D eigenvalue weighted by Crippen LogP contribution is -2.19. The van der Waals surface area contributed by atoms with Crippen molar-refractivity contribution < 1.29 is 24.6 Å². The summed E-state index contributed by atoms with van der Waals surface area (Å²) in [5.74, 6) is -1.71. The van der Waals surface area contributed by atoms with Gasteiger partial charge in [0.1, 0.15) is 0 Å². The molecule has 0 rings (SSSR count). The second kappa shape index (κ2) is 7.63. The van der Waals surface area contributed by atoms with Crippen LogP contribution in [0.3, 0.4) is 0 Å². The Morgan fingerprint density at radius 3 is 1.67 bits per heavy atom. The molecular formula is C4H15N2O5P. The number of aliphatic hydroxyl groups is 2. The van der Waals surface area contributed by atoms with Gasteiger partial charge in [-0.1, -0.05) is 0 Å². The van der Waals surface area contributed by atoms with Crippen molar-refractivity contribution in [2.75, 3.05) is 19.7 Å². The molecule has 0 aliphatic carbocycles. The predicted molar refractivity (Wildman–Crippen MR) is 43.2 cm³/mol. The summed E-state index contributed by atoms with van der Waals surface area (Å²) in [4.78, 5) is 16.1. The van der Waals surface area contributed by atoms with Gasteiger partial charge in [-0.25, -0.2) is 0 Å². The van der Waals surface area contributed by atoms with Crippen LogP contribution in [0, 0.1) is 0 Å². The molecule has 0 bridgehead atoms. The second-order valence-corrected chi connectivity index (χ2v) is 3.59. The van der Waals surface area contributed by atoms with Gasteiger partial charge in [-0.2, -0.15) is 0 Å². The summed E-state index contributed by atoms with van der Waals surface area (Å²) in [5, 5.41) is 16.1. The molecule has 0 aliphatic heterocycles. The molecule has 8 N–H and O–H groups in total. The second-order valence-electron chi connectivity index (χ2n) is 1.82. The van der Waals surface area contributed by atoms with Crippen molar-refractivity contribution in [3.63, 3.8) is 0 Å². The minimum absolute atomic E-state index is 0.0972. The van der Waals surface area contributed by atoms with Gasteiger partial charge in [0, 0.05) is 13.1 Å². The van der Waals surface area contributed by atoms with Gasteiger partial charge < -0.3 is 31.5 Å². The molecule has 0 aromatic carbocycles. The van der Waals surface area contributed by atoms with E-state index in [-0.39, 0.29) is 6.61 Å². The largest absolute Gasteiger partial charge is 0.395 e. The molecule has 12 heavy (non-hydrogen) atoms. The van der Waals surface area contributed by atoms with E-state index in [2.05, 4.69) is 0 Å². The normalized spacial score (nSPS) is 13.2. The Morgan fingerprint density at radius 1 is 1.33 bits per heavy atom. The molecule has 0 aromatic heterocycles. The molecule has 1 unspecified atom stereocenters. The van der Waals surface area contributed by atoms with Gasteiger partial charge in [-0.15, -0.1) is 0 Å². The first-order valence-electron chi connectivity index (χ1n) is 3.14. The van der Waals surface area contributed by atoms with E-state index in [4.69, 9.17) is 31.5 Å². The Labute approximate surface area is 70.2 Å². The van der Waals surface area contributed by atoms with Crippen molar-refractivity contribution in [3.05, 3.63) is 0 Å². The monoisotopic (exact) mass is 202 g/mol. The summed E-state index contributed by atoms with van der Waals surface area (Å²) < 4.78 is 9.93. The van der Waals surface area contributed by atoms with E-state index < -0.39 is 20.0 Å². The van der Waals surface area contributed by atoms with E-state index >= 15 is 0 Å². The lowest BCUT2D eigenvalue weighted by atomic mass is 10.7. The summed E-state index contributed by atoms with van der Waals surface area (Å²) in [6.45, 7) is 0.0598. The first-order valence-corrected chi connectivity index (χ1v) is 4.82. The van der Waals surface area contributed by atoms with Crippen LogP contribution < -0.4 is 11.5 Å². The molecule has 8 heteroatoms. The van der Waals surface area contributed by atoms with Crippen molar-refractivity contribution in [1.29, 1.82) is 0 Å². The third kappa shape index (κ3) is 9.99.